The third kappa shape index (κ3) is 2.21. The Kier molecular flexibility index (Phi) is 2.98. The SMILES string of the molecule is Cc1c(C(=O)Nc2ccnnc2)cnn1C1CCC1. The van der Waals surface area contributed by atoms with Crippen LogP contribution in [0, 0.1) is 6.92 Å². The molecule has 2 heterocycles. The van der Waals surface area contributed by atoms with E-state index in [1.165, 1.54) is 12.6 Å². The number of anilines is 1. The van der Waals surface area contributed by atoms with E-state index < -0.39 is 0 Å². The van der Waals surface area contributed by atoms with E-state index in [9.17, 15) is 4.79 Å². The Morgan fingerprint density at radius 3 is 2.84 bits per heavy atom. The van der Waals surface area contributed by atoms with E-state index >= 15 is 0 Å². The molecule has 0 radical (unpaired) electrons. The van der Waals surface area contributed by atoms with Crippen molar-refractivity contribution in [1.29, 1.82) is 0 Å². The average Bonchev–Trinajstić information content (AvgIpc) is 2.71. The van der Waals surface area contributed by atoms with Gasteiger partial charge >= 0.3 is 0 Å². The number of carbonyl (C=O) groups is 1. The Morgan fingerprint density at radius 2 is 2.21 bits per heavy atom. The van der Waals surface area contributed by atoms with Gasteiger partial charge in [-0.05, 0) is 32.3 Å². The third-order valence-corrected chi connectivity index (χ3v) is 3.55. The Hall–Kier alpha value is -2.24. The fraction of sp³-hybridized carbons (Fsp3) is 0.385. The van der Waals surface area contributed by atoms with Crippen LogP contribution in [0.2, 0.25) is 0 Å². The molecule has 2 aromatic heterocycles. The molecule has 1 N–H and O–H groups in total. The first-order chi connectivity index (χ1) is 9.25. The molecule has 3 rings (SSSR count). The van der Waals surface area contributed by atoms with Crippen LogP contribution < -0.4 is 5.32 Å². The van der Waals surface area contributed by atoms with Crippen LogP contribution in [-0.4, -0.2) is 25.9 Å². The van der Waals surface area contributed by atoms with E-state index in [0.29, 0.717) is 17.3 Å². The van der Waals surface area contributed by atoms with Crippen molar-refractivity contribution < 1.29 is 4.79 Å². The smallest absolute Gasteiger partial charge is 0.259 e. The summed E-state index contributed by atoms with van der Waals surface area (Å²) in [7, 11) is 0. The highest BCUT2D eigenvalue weighted by molar-refractivity contribution is 6.04. The van der Waals surface area contributed by atoms with E-state index in [1.807, 2.05) is 11.6 Å². The van der Waals surface area contributed by atoms with Crippen molar-refractivity contribution in [2.45, 2.75) is 32.2 Å². The highest BCUT2D eigenvalue weighted by Crippen LogP contribution is 2.32. The van der Waals surface area contributed by atoms with Gasteiger partial charge in [-0.25, -0.2) is 0 Å². The summed E-state index contributed by atoms with van der Waals surface area (Å²) >= 11 is 0. The molecule has 0 unspecified atom stereocenters. The lowest BCUT2D eigenvalue weighted by atomic mass is 9.93. The molecule has 1 saturated carbocycles. The second-order valence-corrected chi connectivity index (χ2v) is 4.76. The minimum Gasteiger partial charge on any atom is -0.320 e. The van der Waals surface area contributed by atoms with Crippen molar-refractivity contribution in [2.24, 2.45) is 0 Å². The van der Waals surface area contributed by atoms with Crippen LogP contribution in [-0.2, 0) is 0 Å². The molecule has 2 aromatic rings. The molecule has 1 fully saturated rings. The monoisotopic (exact) mass is 257 g/mol. The first kappa shape index (κ1) is 11.8. The molecule has 0 aromatic carbocycles. The van der Waals surface area contributed by atoms with Gasteiger partial charge in [-0.15, -0.1) is 0 Å². The van der Waals surface area contributed by atoms with Gasteiger partial charge in [0.2, 0.25) is 0 Å². The largest absolute Gasteiger partial charge is 0.320 e. The van der Waals surface area contributed by atoms with Crippen molar-refractivity contribution in [1.82, 2.24) is 20.0 Å². The zero-order valence-corrected chi connectivity index (χ0v) is 10.7. The van der Waals surface area contributed by atoms with Crippen LogP contribution in [0.3, 0.4) is 0 Å². The van der Waals surface area contributed by atoms with Crippen molar-refractivity contribution >= 4 is 11.6 Å². The summed E-state index contributed by atoms with van der Waals surface area (Å²) in [6.45, 7) is 1.94. The minimum absolute atomic E-state index is 0.156. The standard InChI is InChI=1S/C13H15N5O/c1-9-12(8-16-18(9)11-3-2-4-11)13(19)17-10-5-6-14-15-7-10/h5-8,11H,2-4H2,1H3,(H,14,17,19). The van der Waals surface area contributed by atoms with Crippen LogP contribution in [0.4, 0.5) is 5.69 Å². The lowest BCUT2D eigenvalue weighted by Crippen LogP contribution is -2.20. The van der Waals surface area contributed by atoms with Gasteiger partial charge in [0.05, 0.1) is 35.9 Å². The maximum Gasteiger partial charge on any atom is 0.259 e. The molecule has 0 saturated heterocycles. The number of rotatable bonds is 3. The molecular formula is C13H15N5O. The summed E-state index contributed by atoms with van der Waals surface area (Å²) in [5.41, 5.74) is 2.17. The molecule has 1 aliphatic carbocycles. The lowest BCUT2D eigenvalue weighted by molar-refractivity contribution is 0.102. The van der Waals surface area contributed by atoms with E-state index in [-0.39, 0.29) is 5.91 Å². The molecular weight excluding hydrogens is 242 g/mol. The van der Waals surface area contributed by atoms with Gasteiger partial charge in [-0.1, -0.05) is 0 Å². The minimum atomic E-state index is -0.156. The van der Waals surface area contributed by atoms with Crippen molar-refractivity contribution in [2.75, 3.05) is 5.32 Å². The predicted molar refractivity (Wildman–Crippen MR) is 69.8 cm³/mol. The summed E-state index contributed by atoms with van der Waals surface area (Å²) in [6.07, 6.45) is 8.24. The van der Waals surface area contributed by atoms with Crippen LogP contribution in [0.1, 0.15) is 41.4 Å². The molecule has 0 spiro atoms. The van der Waals surface area contributed by atoms with Gasteiger partial charge in [0.15, 0.2) is 0 Å². The fourth-order valence-electron chi connectivity index (χ4n) is 2.21. The van der Waals surface area contributed by atoms with Gasteiger partial charge in [-0.3, -0.25) is 9.48 Å². The molecule has 0 bridgehead atoms. The number of nitrogens with one attached hydrogen (secondary N) is 1. The second kappa shape index (κ2) is 4.79. The van der Waals surface area contributed by atoms with E-state index in [4.69, 9.17) is 0 Å². The highest BCUT2D eigenvalue weighted by Gasteiger charge is 2.24. The second-order valence-electron chi connectivity index (χ2n) is 4.76. The Morgan fingerprint density at radius 1 is 1.37 bits per heavy atom. The highest BCUT2D eigenvalue weighted by atomic mass is 16.1. The van der Waals surface area contributed by atoms with Crippen LogP contribution >= 0.6 is 0 Å². The van der Waals surface area contributed by atoms with Crippen molar-refractivity contribution in [3.8, 4) is 0 Å². The summed E-state index contributed by atoms with van der Waals surface area (Å²) in [5.74, 6) is -0.156. The zero-order chi connectivity index (χ0) is 13.2. The van der Waals surface area contributed by atoms with Gasteiger partial charge in [-0.2, -0.15) is 15.3 Å². The molecule has 6 heteroatoms. The molecule has 6 nitrogen and oxygen atoms in total. The predicted octanol–water partition coefficient (Wildman–Crippen LogP) is 1.96. The van der Waals surface area contributed by atoms with Gasteiger partial charge in [0, 0.05) is 5.69 Å². The lowest BCUT2D eigenvalue weighted by Gasteiger charge is -2.26. The summed E-state index contributed by atoms with van der Waals surface area (Å²) in [4.78, 5) is 12.2. The Balaban J connectivity index is 1.78. The fourth-order valence-corrected chi connectivity index (χ4v) is 2.21. The van der Waals surface area contributed by atoms with E-state index in [2.05, 4.69) is 20.6 Å². The maximum atomic E-state index is 12.2. The maximum absolute atomic E-state index is 12.2. The first-order valence-corrected chi connectivity index (χ1v) is 6.38. The molecule has 19 heavy (non-hydrogen) atoms. The van der Waals surface area contributed by atoms with Crippen molar-refractivity contribution in [3.63, 3.8) is 0 Å². The van der Waals surface area contributed by atoms with E-state index in [1.54, 1.807) is 18.5 Å². The summed E-state index contributed by atoms with van der Waals surface area (Å²) in [6, 6.07) is 2.17. The third-order valence-electron chi connectivity index (χ3n) is 3.55. The van der Waals surface area contributed by atoms with Crippen LogP contribution in [0.25, 0.3) is 0 Å². The normalized spacial score (nSPS) is 15.0. The summed E-state index contributed by atoms with van der Waals surface area (Å²) < 4.78 is 1.96. The Bertz CT molecular complexity index is 588. The number of carbonyl (C=O) groups excluding carboxylic acids is 1. The van der Waals surface area contributed by atoms with Gasteiger partial charge in [0.1, 0.15) is 0 Å². The molecule has 98 valence electrons. The topological polar surface area (TPSA) is 72.7 Å². The number of hydrogen-bond donors (Lipinski definition) is 1. The quantitative estimate of drug-likeness (QED) is 0.912. The van der Waals surface area contributed by atoms with Crippen LogP contribution in [0.5, 0.6) is 0 Å². The molecule has 0 aliphatic heterocycles. The Labute approximate surface area is 110 Å². The number of aromatic nitrogens is 4. The molecule has 1 aliphatic rings. The number of hydrogen-bond acceptors (Lipinski definition) is 4. The summed E-state index contributed by atoms with van der Waals surface area (Å²) in [5, 5.41) is 14.5. The number of amides is 1. The molecule has 1 amide bonds. The zero-order valence-electron chi connectivity index (χ0n) is 10.7. The van der Waals surface area contributed by atoms with Gasteiger partial charge in [0.25, 0.3) is 5.91 Å². The molecule has 0 atom stereocenters. The van der Waals surface area contributed by atoms with Gasteiger partial charge < -0.3 is 5.32 Å². The van der Waals surface area contributed by atoms with Crippen LogP contribution in [0.15, 0.2) is 24.7 Å². The van der Waals surface area contributed by atoms with E-state index in [0.717, 1.165) is 18.5 Å². The number of nitrogens with zero attached hydrogens (tertiary/aromatic N) is 4. The van der Waals surface area contributed by atoms with Crippen molar-refractivity contribution in [3.05, 3.63) is 35.9 Å². The average molecular weight is 257 g/mol. The first-order valence-electron chi connectivity index (χ1n) is 6.38.